The third-order valence-corrected chi connectivity index (χ3v) is 4.22. The minimum absolute atomic E-state index is 0.0523. The molecule has 0 spiro atoms. The zero-order valence-electron chi connectivity index (χ0n) is 13.3. The van der Waals surface area contributed by atoms with E-state index in [9.17, 15) is 14.4 Å². The maximum Gasteiger partial charge on any atom is 0.230 e. The van der Waals surface area contributed by atoms with Gasteiger partial charge in [0.05, 0.1) is 19.1 Å². The number of rotatable bonds is 5. The Balaban J connectivity index is 1.49. The zero-order chi connectivity index (χ0) is 16.9. The largest absolute Gasteiger partial charge is 0.378 e. The van der Waals surface area contributed by atoms with E-state index in [0.717, 1.165) is 12.1 Å². The van der Waals surface area contributed by atoms with E-state index in [4.69, 9.17) is 4.74 Å². The van der Waals surface area contributed by atoms with Crippen molar-refractivity contribution in [2.75, 3.05) is 25.1 Å². The van der Waals surface area contributed by atoms with E-state index in [1.807, 2.05) is 24.3 Å². The molecule has 0 aromatic heterocycles. The first kappa shape index (κ1) is 16.6. The molecule has 3 amide bonds. The van der Waals surface area contributed by atoms with Gasteiger partial charge in [0.2, 0.25) is 17.7 Å². The van der Waals surface area contributed by atoms with E-state index >= 15 is 0 Å². The van der Waals surface area contributed by atoms with Crippen molar-refractivity contribution in [2.45, 2.75) is 25.3 Å². The quantitative estimate of drug-likeness (QED) is 0.670. The molecule has 128 valence electrons. The van der Waals surface area contributed by atoms with Gasteiger partial charge in [-0.2, -0.15) is 0 Å². The van der Waals surface area contributed by atoms with Gasteiger partial charge in [0.25, 0.3) is 0 Å². The topological polar surface area (TPSA) is 96.5 Å². The van der Waals surface area contributed by atoms with Crippen LogP contribution >= 0.6 is 0 Å². The molecule has 3 N–H and O–H groups in total. The number of hydrogen-bond acceptors (Lipinski definition) is 5. The summed E-state index contributed by atoms with van der Waals surface area (Å²) in [6.07, 6.45) is 1.13. The van der Waals surface area contributed by atoms with Gasteiger partial charge in [-0.05, 0) is 24.1 Å². The fourth-order valence-electron chi connectivity index (χ4n) is 2.97. The lowest BCUT2D eigenvalue weighted by molar-refractivity contribution is -0.125. The molecule has 0 bridgehead atoms. The lowest BCUT2D eigenvalue weighted by atomic mass is 9.98. The van der Waals surface area contributed by atoms with Crippen LogP contribution in [0.5, 0.6) is 0 Å². The van der Waals surface area contributed by atoms with Gasteiger partial charge in [0, 0.05) is 31.1 Å². The smallest absolute Gasteiger partial charge is 0.230 e. The summed E-state index contributed by atoms with van der Waals surface area (Å²) in [6, 6.07) is 7.41. The molecule has 1 aromatic carbocycles. The van der Waals surface area contributed by atoms with Gasteiger partial charge in [-0.3, -0.25) is 19.7 Å². The molecule has 2 unspecified atom stereocenters. The second kappa shape index (κ2) is 7.55. The number of hydrogen-bond donors (Lipinski definition) is 3. The van der Waals surface area contributed by atoms with Crippen LogP contribution in [-0.4, -0.2) is 43.5 Å². The molecule has 7 heteroatoms. The van der Waals surface area contributed by atoms with E-state index in [2.05, 4.69) is 16.0 Å². The van der Waals surface area contributed by atoms with Crippen molar-refractivity contribution >= 4 is 23.4 Å². The Morgan fingerprint density at radius 2 is 2.04 bits per heavy atom. The maximum atomic E-state index is 12.0. The number of carbonyl (C=O) groups excluding carboxylic acids is 3. The predicted molar refractivity (Wildman–Crippen MR) is 87.3 cm³/mol. The highest BCUT2D eigenvalue weighted by molar-refractivity contribution is 6.03. The number of amides is 3. The van der Waals surface area contributed by atoms with Crippen molar-refractivity contribution in [1.82, 2.24) is 10.6 Å². The third-order valence-electron chi connectivity index (χ3n) is 4.22. The van der Waals surface area contributed by atoms with Crippen LogP contribution in [-0.2, 0) is 25.5 Å². The lowest BCUT2D eigenvalue weighted by Crippen LogP contribution is -2.43. The lowest BCUT2D eigenvalue weighted by Gasteiger charge is -2.23. The molecular weight excluding hydrogens is 310 g/mol. The average molecular weight is 331 g/mol. The van der Waals surface area contributed by atoms with Crippen LogP contribution < -0.4 is 16.0 Å². The van der Waals surface area contributed by atoms with Crippen molar-refractivity contribution in [2.24, 2.45) is 5.92 Å². The molecule has 0 aliphatic carbocycles. The Hall–Kier alpha value is -2.25. The van der Waals surface area contributed by atoms with Gasteiger partial charge in [0.1, 0.15) is 0 Å². The number of benzene rings is 1. The highest BCUT2D eigenvalue weighted by atomic mass is 16.5. The normalized spacial score (nSPS) is 23.8. The fraction of sp³-hybridized carbons (Fsp3) is 0.471. The molecule has 2 saturated heterocycles. The zero-order valence-corrected chi connectivity index (χ0v) is 13.3. The number of morpholine rings is 1. The van der Waals surface area contributed by atoms with Gasteiger partial charge in [-0.1, -0.05) is 12.1 Å². The van der Waals surface area contributed by atoms with Gasteiger partial charge < -0.3 is 15.4 Å². The van der Waals surface area contributed by atoms with E-state index in [-0.39, 0.29) is 36.1 Å². The number of carbonyl (C=O) groups is 3. The number of anilines is 1. The third kappa shape index (κ3) is 4.39. The second-order valence-corrected chi connectivity index (χ2v) is 6.19. The Morgan fingerprint density at radius 1 is 1.25 bits per heavy atom. The van der Waals surface area contributed by atoms with Crippen LogP contribution in [0.15, 0.2) is 24.3 Å². The Labute approximate surface area is 140 Å². The van der Waals surface area contributed by atoms with Crippen LogP contribution in [0.1, 0.15) is 18.4 Å². The van der Waals surface area contributed by atoms with Gasteiger partial charge >= 0.3 is 0 Å². The number of nitrogens with one attached hydrogen (secondary N) is 3. The SMILES string of the molecule is O=C1CC(Cc2ccc(NC(=O)CC3COCCN3)cc2)C(=O)N1. The van der Waals surface area contributed by atoms with E-state index in [1.165, 1.54) is 0 Å². The second-order valence-electron chi connectivity index (χ2n) is 6.19. The highest BCUT2D eigenvalue weighted by Gasteiger charge is 2.30. The van der Waals surface area contributed by atoms with E-state index in [1.54, 1.807) is 0 Å². The molecular formula is C17H21N3O4. The average Bonchev–Trinajstić information content (AvgIpc) is 2.87. The van der Waals surface area contributed by atoms with Crippen LogP contribution in [0, 0.1) is 5.92 Å². The molecule has 7 nitrogen and oxygen atoms in total. The number of ether oxygens (including phenoxy) is 1. The Bertz CT molecular complexity index is 623. The minimum Gasteiger partial charge on any atom is -0.378 e. The first-order valence-electron chi connectivity index (χ1n) is 8.14. The van der Waals surface area contributed by atoms with Crippen molar-refractivity contribution in [3.8, 4) is 0 Å². The maximum absolute atomic E-state index is 12.0. The summed E-state index contributed by atoms with van der Waals surface area (Å²) in [4.78, 5) is 34.8. The summed E-state index contributed by atoms with van der Waals surface area (Å²) in [5.41, 5.74) is 1.68. The van der Waals surface area contributed by atoms with Gasteiger partial charge in [0.15, 0.2) is 0 Å². The molecule has 2 aliphatic rings. The van der Waals surface area contributed by atoms with E-state index < -0.39 is 0 Å². The van der Waals surface area contributed by atoms with Crippen LogP contribution in [0.3, 0.4) is 0 Å². The summed E-state index contributed by atoms with van der Waals surface area (Å²) in [5.74, 6) is -0.782. The molecule has 1 aromatic rings. The molecule has 24 heavy (non-hydrogen) atoms. The molecule has 2 heterocycles. The van der Waals surface area contributed by atoms with Gasteiger partial charge in [-0.15, -0.1) is 0 Å². The van der Waals surface area contributed by atoms with Crippen LogP contribution in [0.2, 0.25) is 0 Å². The van der Waals surface area contributed by atoms with Crippen LogP contribution in [0.25, 0.3) is 0 Å². The van der Waals surface area contributed by atoms with E-state index in [0.29, 0.717) is 31.7 Å². The van der Waals surface area contributed by atoms with Gasteiger partial charge in [-0.25, -0.2) is 0 Å². The summed E-state index contributed by atoms with van der Waals surface area (Å²) in [6.45, 7) is 2.00. The summed E-state index contributed by atoms with van der Waals surface area (Å²) < 4.78 is 5.33. The molecule has 2 fully saturated rings. The summed E-state index contributed by atoms with van der Waals surface area (Å²) >= 11 is 0. The molecule has 0 saturated carbocycles. The van der Waals surface area contributed by atoms with Crippen LogP contribution in [0.4, 0.5) is 5.69 Å². The predicted octanol–water partition coefficient (Wildman–Crippen LogP) is 0.209. The molecule has 3 rings (SSSR count). The van der Waals surface area contributed by atoms with Crippen molar-refractivity contribution in [3.63, 3.8) is 0 Å². The Morgan fingerprint density at radius 3 is 2.67 bits per heavy atom. The summed E-state index contributed by atoms with van der Waals surface area (Å²) in [7, 11) is 0. The standard InChI is InChI=1S/C17H21N3O4/c21-15-8-12(17(23)20-15)7-11-1-3-13(4-2-11)19-16(22)9-14-10-24-6-5-18-14/h1-4,12,14,18H,5-10H2,(H,19,22)(H,20,21,23). The highest BCUT2D eigenvalue weighted by Crippen LogP contribution is 2.19. The first-order chi connectivity index (χ1) is 11.6. The summed E-state index contributed by atoms with van der Waals surface area (Å²) in [5, 5.41) is 8.41. The molecule has 0 radical (unpaired) electrons. The fourth-order valence-corrected chi connectivity index (χ4v) is 2.97. The van der Waals surface area contributed by atoms with Crippen molar-refractivity contribution < 1.29 is 19.1 Å². The monoisotopic (exact) mass is 331 g/mol. The molecule has 2 aliphatic heterocycles. The van der Waals surface area contributed by atoms with Crippen molar-refractivity contribution in [3.05, 3.63) is 29.8 Å². The number of imide groups is 1. The minimum atomic E-state index is -0.296. The molecule has 2 atom stereocenters. The van der Waals surface area contributed by atoms with Crippen molar-refractivity contribution in [1.29, 1.82) is 0 Å². The Kier molecular flexibility index (Phi) is 5.22. The first-order valence-corrected chi connectivity index (χ1v) is 8.14.